The van der Waals surface area contributed by atoms with E-state index in [4.69, 9.17) is 21.1 Å². The van der Waals surface area contributed by atoms with Crippen LogP contribution in [0.5, 0.6) is 11.5 Å². The minimum atomic E-state index is -0.135. The third-order valence-corrected chi connectivity index (χ3v) is 4.81. The Morgan fingerprint density at radius 1 is 1.17 bits per heavy atom. The van der Waals surface area contributed by atoms with Crippen molar-refractivity contribution in [3.8, 4) is 11.5 Å². The molecule has 0 saturated heterocycles. The summed E-state index contributed by atoms with van der Waals surface area (Å²) in [7, 11) is 0. The van der Waals surface area contributed by atoms with Gasteiger partial charge in [-0.2, -0.15) is 0 Å². The molecular formula is C17H12BrClN2O3. The van der Waals surface area contributed by atoms with Gasteiger partial charge >= 0.3 is 0 Å². The molecule has 5 nitrogen and oxygen atoms in total. The third-order valence-electron chi connectivity index (χ3n) is 3.84. The van der Waals surface area contributed by atoms with Gasteiger partial charge in [-0.1, -0.05) is 27.5 Å². The van der Waals surface area contributed by atoms with E-state index < -0.39 is 0 Å². The van der Waals surface area contributed by atoms with E-state index in [2.05, 4.69) is 20.9 Å². The Morgan fingerprint density at radius 2 is 1.92 bits per heavy atom. The topological polar surface area (TPSA) is 53.4 Å². The molecule has 0 bridgehead atoms. The van der Waals surface area contributed by atoms with Gasteiger partial charge in [0, 0.05) is 9.50 Å². The van der Waals surface area contributed by atoms with Crippen LogP contribution < -0.4 is 15.0 Å². The molecule has 0 aliphatic carbocycles. The van der Waals surface area contributed by atoms with Crippen LogP contribution in [0, 0.1) is 0 Å². The first-order valence-corrected chi connectivity index (χ1v) is 8.51. The van der Waals surface area contributed by atoms with Crippen molar-refractivity contribution in [1.29, 1.82) is 0 Å². The van der Waals surface area contributed by atoms with E-state index in [1.54, 1.807) is 29.1 Å². The second-order valence-electron chi connectivity index (χ2n) is 5.43. The van der Waals surface area contributed by atoms with Crippen LogP contribution in [0.3, 0.4) is 0 Å². The number of ether oxygens (including phenoxy) is 2. The Labute approximate surface area is 150 Å². The van der Waals surface area contributed by atoms with Crippen molar-refractivity contribution in [2.45, 2.75) is 6.54 Å². The maximum atomic E-state index is 12.7. The first kappa shape index (κ1) is 15.5. The Morgan fingerprint density at radius 3 is 2.71 bits per heavy atom. The summed E-state index contributed by atoms with van der Waals surface area (Å²) in [5.74, 6) is 1.39. The highest BCUT2D eigenvalue weighted by atomic mass is 79.9. The SMILES string of the molecule is O=c1c2cc(Cl)ccc2ncn1Cc1cc2c(cc1Br)OCCO2. The Bertz CT molecular complexity index is 1000. The summed E-state index contributed by atoms with van der Waals surface area (Å²) in [6.07, 6.45) is 1.54. The summed E-state index contributed by atoms with van der Waals surface area (Å²) in [4.78, 5) is 17.0. The van der Waals surface area contributed by atoms with Crippen LogP contribution in [0.1, 0.15) is 5.56 Å². The zero-order chi connectivity index (χ0) is 16.7. The molecule has 0 saturated carbocycles. The molecule has 7 heteroatoms. The predicted molar refractivity (Wildman–Crippen MR) is 95.2 cm³/mol. The zero-order valence-electron chi connectivity index (χ0n) is 12.5. The molecule has 0 amide bonds. The van der Waals surface area contributed by atoms with E-state index >= 15 is 0 Å². The maximum absolute atomic E-state index is 12.7. The number of hydrogen-bond acceptors (Lipinski definition) is 4. The molecule has 4 rings (SSSR count). The van der Waals surface area contributed by atoms with Gasteiger partial charge in [-0.15, -0.1) is 0 Å². The lowest BCUT2D eigenvalue weighted by molar-refractivity contribution is 0.171. The van der Waals surface area contributed by atoms with Crippen molar-refractivity contribution in [1.82, 2.24) is 9.55 Å². The van der Waals surface area contributed by atoms with Crippen LogP contribution in [0.25, 0.3) is 10.9 Å². The highest BCUT2D eigenvalue weighted by Crippen LogP contribution is 2.35. The quantitative estimate of drug-likeness (QED) is 0.651. The minimum absolute atomic E-state index is 0.135. The van der Waals surface area contributed by atoms with E-state index in [1.165, 1.54) is 0 Å². The smallest absolute Gasteiger partial charge is 0.261 e. The molecule has 0 atom stereocenters. The van der Waals surface area contributed by atoms with E-state index in [0.29, 0.717) is 47.2 Å². The van der Waals surface area contributed by atoms with Gasteiger partial charge < -0.3 is 9.47 Å². The normalized spacial score (nSPS) is 13.2. The van der Waals surface area contributed by atoms with Gasteiger partial charge in [-0.3, -0.25) is 9.36 Å². The summed E-state index contributed by atoms with van der Waals surface area (Å²) < 4.78 is 13.6. The third kappa shape index (κ3) is 2.76. The van der Waals surface area contributed by atoms with Gasteiger partial charge in [-0.25, -0.2) is 4.98 Å². The number of aromatic nitrogens is 2. The van der Waals surface area contributed by atoms with Gasteiger partial charge in [0.15, 0.2) is 11.5 Å². The molecule has 1 aliphatic heterocycles. The number of rotatable bonds is 2. The molecule has 24 heavy (non-hydrogen) atoms. The Hall–Kier alpha value is -2.05. The molecule has 3 aromatic rings. The van der Waals surface area contributed by atoms with Crippen molar-refractivity contribution in [3.63, 3.8) is 0 Å². The van der Waals surface area contributed by atoms with Crippen LogP contribution in [-0.2, 0) is 6.54 Å². The molecule has 0 N–H and O–H groups in total. The molecule has 2 heterocycles. The molecule has 0 unspecified atom stereocenters. The Balaban J connectivity index is 1.77. The van der Waals surface area contributed by atoms with Crippen LogP contribution in [-0.4, -0.2) is 22.8 Å². The maximum Gasteiger partial charge on any atom is 0.261 e. The number of halogens is 2. The molecule has 0 radical (unpaired) electrons. The molecule has 1 aliphatic rings. The van der Waals surface area contributed by atoms with Crippen molar-refractivity contribution < 1.29 is 9.47 Å². The minimum Gasteiger partial charge on any atom is -0.486 e. The van der Waals surface area contributed by atoms with Crippen LogP contribution in [0.4, 0.5) is 0 Å². The number of hydrogen-bond donors (Lipinski definition) is 0. The standard InChI is InChI=1S/C17H12BrClN2O3/c18-13-7-16-15(23-3-4-24-16)5-10(13)8-21-9-20-14-2-1-11(19)6-12(14)17(21)22/h1-2,5-7,9H,3-4,8H2. The Kier molecular flexibility index (Phi) is 3.94. The molecule has 0 spiro atoms. The lowest BCUT2D eigenvalue weighted by Crippen LogP contribution is -2.22. The highest BCUT2D eigenvalue weighted by Gasteiger charge is 2.16. The predicted octanol–water partition coefficient (Wildman–Crippen LogP) is 3.63. The summed E-state index contributed by atoms with van der Waals surface area (Å²) in [5, 5.41) is 1.01. The molecule has 2 aromatic carbocycles. The second kappa shape index (κ2) is 6.11. The average molecular weight is 408 g/mol. The van der Waals surface area contributed by atoms with Gasteiger partial charge in [0.2, 0.25) is 0 Å². The fourth-order valence-electron chi connectivity index (χ4n) is 2.65. The largest absolute Gasteiger partial charge is 0.486 e. The van der Waals surface area contributed by atoms with Gasteiger partial charge in [-0.05, 0) is 35.9 Å². The zero-order valence-corrected chi connectivity index (χ0v) is 14.8. The fourth-order valence-corrected chi connectivity index (χ4v) is 3.27. The van der Waals surface area contributed by atoms with Crippen molar-refractivity contribution in [2.24, 2.45) is 0 Å². The lowest BCUT2D eigenvalue weighted by atomic mass is 10.2. The van der Waals surface area contributed by atoms with E-state index in [9.17, 15) is 4.79 Å². The van der Waals surface area contributed by atoms with Gasteiger partial charge in [0.25, 0.3) is 5.56 Å². The monoisotopic (exact) mass is 406 g/mol. The average Bonchev–Trinajstić information content (AvgIpc) is 2.58. The summed E-state index contributed by atoms with van der Waals surface area (Å²) in [5.41, 5.74) is 1.40. The molecule has 122 valence electrons. The van der Waals surface area contributed by atoms with Crippen LogP contribution in [0.15, 0.2) is 45.9 Å². The molecule has 1 aromatic heterocycles. The van der Waals surface area contributed by atoms with E-state index in [1.807, 2.05) is 12.1 Å². The van der Waals surface area contributed by atoms with E-state index in [-0.39, 0.29) is 5.56 Å². The highest BCUT2D eigenvalue weighted by molar-refractivity contribution is 9.10. The number of benzene rings is 2. The summed E-state index contributed by atoms with van der Waals surface area (Å²) >= 11 is 9.52. The molecular weight excluding hydrogens is 396 g/mol. The van der Waals surface area contributed by atoms with Crippen molar-refractivity contribution in [3.05, 3.63) is 62.1 Å². The lowest BCUT2D eigenvalue weighted by Gasteiger charge is -2.20. The number of fused-ring (bicyclic) bond motifs is 2. The molecule has 0 fully saturated rings. The second-order valence-corrected chi connectivity index (χ2v) is 6.72. The first-order valence-electron chi connectivity index (χ1n) is 7.34. The number of nitrogens with zero attached hydrogens (tertiary/aromatic N) is 2. The summed E-state index contributed by atoms with van der Waals surface area (Å²) in [6.45, 7) is 1.42. The summed E-state index contributed by atoms with van der Waals surface area (Å²) in [6, 6.07) is 8.84. The van der Waals surface area contributed by atoms with Gasteiger partial charge in [0.05, 0.1) is 23.8 Å². The van der Waals surface area contributed by atoms with Crippen molar-refractivity contribution in [2.75, 3.05) is 13.2 Å². The van der Waals surface area contributed by atoms with Gasteiger partial charge in [0.1, 0.15) is 13.2 Å². The first-order chi connectivity index (χ1) is 11.6. The van der Waals surface area contributed by atoms with Crippen molar-refractivity contribution >= 4 is 38.4 Å². The van der Waals surface area contributed by atoms with Crippen LogP contribution in [0.2, 0.25) is 5.02 Å². The van der Waals surface area contributed by atoms with Crippen LogP contribution >= 0.6 is 27.5 Å². The fraction of sp³-hybridized carbons (Fsp3) is 0.176. The van der Waals surface area contributed by atoms with E-state index in [0.717, 1.165) is 10.0 Å².